The van der Waals surface area contributed by atoms with Crippen molar-refractivity contribution in [2.75, 3.05) is 0 Å². The number of hydrogen-bond acceptors (Lipinski definition) is 1. The number of aliphatic carboxylic acids is 1. The van der Waals surface area contributed by atoms with Crippen LogP contribution in [0.4, 0.5) is 0 Å². The fourth-order valence-corrected chi connectivity index (χ4v) is 2.99. The first-order chi connectivity index (χ1) is 8.22. The number of allylic oxidation sites excluding steroid dienone is 1. The Morgan fingerprint density at radius 3 is 2.47 bits per heavy atom. The Morgan fingerprint density at radius 1 is 1.24 bits per heavy atom. The van der Waals surface area contributed by atoms with Crippen molar-refractivity contribution in [3.05, 3.63) is 47.5 Å². The quantitative estimate of drug-likeness (QED) is 0.807. The lowest BCUT2D eigenvalue weighted by molar-refractivity contribution is -0.140. The van der Waals surface area contributed by atoms with Crippen molar-refractivity contribution in [3.63, 3.8) is 0 Å². The Labute approximate surface area is 101 Å². The Bertz CT molecular complexity index is 469. The molecule has 1 fully saturated rings. The first-order valence-electron chi connectivity index (χ1n) is 6.22. The molecular weight excluding hydrogens is 212 g/mol. The Hall–Kier alpha value is -1.57. The van der Waals surface area contributed by atoms with E-state index < -0.39 is 5.97 Å². The fraction of sp³-hybridized carbons (Fsp3) is 0.400. The van der Waals surface area contributed by atoms with Crippen LogP contribution in [0.1, 0.15) is 31.2 Å². The van der Waals surface area contributed by atoms with Gasteiger partial charge in [0.2, 0.25) is 0 Å². The molecule has 2 aliphatic rings. The first-order valence-corrected chi connectivity index (χ1v) is 6.22. The van der Waals surface area contributed by atoms with E-state index in [0.29, 0.717) is 0 Å². The molecule has 1 aromatic rings. The highest BCUT2D eigenvalue weighted by atomic mass is 16.4. The summed E-state index contributed by atoms with van der Waals surface area (Å²) >= 11 is 0. The summed E-state index contributed by atoms with van der Waals surface area (Å²) in [5, 5.41) is 9.04. The van der Waals surface area contributed by atoms with Gasteiger partial charge in [-0.1, -0.05) is 42.0 Å². The van der Waals surface area contributed by atoms with Crippen LogP contribution in [0.2, 0.25) is 0 Å². The number of rotatable bonds is 3. The molecule has 2 aliphatic carbocycles. The van der Waals surface area contributed by atoms with Gasteiger partial charge in [0.1, 0.15) is 0 Å². The van der Waals surface area contributed by atoms with E-state index in [0.717, 1.165) is 12.8 Å². The van der Waals surface area contributed by atoms with Gasteiger partial charge in [0, 0.05) is 5.41 Å². The van der Waals surface area contributed by atoms with Crippen LogP contribution in [0.5, 0.6) is 0 Å². The SMILES string of the molecule is O=C(O)[C@H]1C=C(C2(c3ccccc3)CC2)CC1. The molecule has 0 bridgehead atoms. The molecule has 0 unspecified atom stereocenters. The normalized spacial score (nSPS) is 25.4. The van der Waals surface area contributed by atoms with Crippen molar-refractivity contribution in [2.45, 2.75) is 31.1 Å². The summed E-state index contributed by atoms with van der Waals surface area (Å²) in [5.74, 6) is -0.935. The van der Waals surface area contributed by atoms with Crippen molar-refractivity contribution in [2.24, 2.45) is 5.92 Å². The minimum Gasteiger partial charge on any atom is -0.481 e. The molecule has 0 aromatic heterocycles. The number of carbonyl (C=O) groups is 1. The molecule has 0 saturated heterocycles. The van der Waals surface area contributed by atoms with E-state index >= 15 is 0 Å². The molecule has 88 valence electrons. The van der Waals surface area contributed by atoms with Gasteiger partial charge in [-0.05, 0) is 31.2 Å². The predicted octanol–water partition coefficient (Wildman–Crippen LogP) is 3.14. The van der Waals surface area contributed by atoms with E-state index in [4.69, 9.17) is 5.11 Å². The third-order valence-corrected chi connectivity index (χ3v) is 4.14. The maximum absolute atomic E-state index is 11.0. The number of carboxylic acids is 1. The molecule has 0 aliphatic heterocycles. The maximum atomic E-state index is 11.0. The van der Waals surface area contributed by atoms with E-state index in [9.17, 15) is 4.79 Å². The standard InChI is InChI=1S/C15H16O2/c16-14(17)11-6-7-13(10-11)15(8-9-15)12-4-2-1-3-5-12/h1-5,10-11H,6-9H2,(H,16,17)/t11-/m1/s1. The molecule has 1 N–H and O–H groups in total. The summed E-state index contributed by atoms with van der Waals surface area (Å²) in [6, 6.07) is 10.5. The van der Waals surface area contributed by atoms with Gasteiger partial charge in [-0.25, -0.2) is 0 Å². The van der Waals surface area contributed by atoms with Crippen LogP contribution in [0.15, 0.2) is 42.0 Å². The van der Waals surface area contributed by atoms with E-state index in [1.807, 2.05) is 12.1 Å². The minimum absolute atomic E-state index is 0.186. The lowest BCUT2D eigenvalue weighted by Crippen LogP contribution is -2.09. The molecule has 1 saturated carbocycles. The van der Waals surface area contributed by atoms with Gasteiger partial charge in [0.25, 0.3) is 0 Å². The largest absolute Gasteiger partial charge is 0.481 e. The van der Waals surface area contributed by atoms with E-state index in [1.165, 1.54) is 24.0 Å². The van der Waals surface area contributed by atoms with Crippen LogP contribution in [0, 0.1) is 5.92 Å². The summed E-state index contributed by atoms with van der Waals surface area (Å²) in [5.41, 5.74) is 2.90. The average Bonchev–Trinajstić information content (AvgIpc) is 3.00. The number of carboxylic acid groups (broad SMARTS) is 1. The second-order valence-electron chi connectivity index (χ2n) is 5.12. The molecule has 17 heavy (non-hydrogen) atoms. The lowest BCUT2D eigenvalue weighted by atomic mass is 9.87. The highest BCUT2D eigenvalue weighted by Gasteiger charge is 2.48. The zero-order valence-corrected chi connectivity index (χ0v) is 9.73. The summed E-state index contributed by atoms with van der Waals surface area (Å²) in [6.07, 6.45) is 6.08. The number of hydrogen-bond donors (Lipinski definition) is 1. The summed E-state index contributed by atoms with van der Waals surface area (Å²) in [6.45, 7) is 0. The molecule has 1 atom stereocenters. The zero-order chi connectivity index (χ0) is 11.9. The predicted molar refractivity (Wildman–Crippen MR) is 65.8 cm³/mol. The Balaban J connectivity index is 1.91. The zero-order valence-electron chi connectivity index (χ0n) is 9.73. The highest BCUT2D eigenvalue weighted by molar-refractivity contribution is 5.73. The van der Waals surface area contributed by atoms with Gasteiger partial charge >= 0.3 is 5.97 Å². The molecular formula is C15H16O2. The van der Waals surface area contributed by atoms with Crippen LogP contribution in [-0.4, -0.2) is 11.1 Å². The first kappa shape index (κ1) is 10.6. The Morgan fingerprint density at radius 2 is 1.94 bits per heavy atom. The van der Waals surface area contributed by atoms with Gasteiger partial charge in [-0.2, -0.15) is 0 Å². The lowest BCUT2D eigenvalue weighted by Gasteiger charge is -2.17. The monoisotopic (exact) mass is 228 g/mol. The minimum atomic E-state index is -0.677. The van der Waals surface area contributed by atoms with Crippen LogP contribution >= 0.6 is 0 Å². The fourth-order valence-electron chi connectivity index (χ4n) is 2.99. The van der Waals surface area contributed by atoms with Crippen LogP contribution in [0.25, 0.3) is 0 Å². The molecule has 0 amide bonds. The topological polar surface area (TPSA) is 37.3 Å². The summed E-state index contributed by atoms with van der Waals surface area (Å²) < 4.78 is 0. The van der Waals surface area contributed by atoms with Crippen LogP contribution in [0.3, 0.4) is 0 Å². The second kappa shape index (κ2) is 3.73. The summed E-state index contributed by atoms with van der Waals surface area (Å²) in [7, 11) is 0. The third kappa shape index (κ3) is 1.68. The van der Waals surface area contributed by atoms with Crippen molar-refractivity contribution in [1.82, 2.24) is 0 Å². The van der Waals surface area contributed by atoms with Crippen molar-refractivity contribution >= 4 is 5.97 Å². The number of benzene rings is 1. The summed E-state index contributed by atoms with van der Waals surface area (Å²) in [4.78, 5) is 11.0. The molecule has 3 rings (SSSR count). The average molecular weight is 228 g/mol. The van der Waals surface area contributed by atoms with Gasteiger partial charge < -0.3 is 5.11 Å². The van der Waals surface area contributed by atoms with Crippen LogP contribution < -0.4 is 0 Å². The van der Waals surface area contributed by atoms with Gasteiger partial charge in [-0.3, -0.25) is 4.79 Å². The van der Waals surface area contributed by atoms with Crippen molar-refractivity contribution < 1.29 is 9.90 Å². The smallest absolute Gasteiger partial charge is 0.310 e. The third-order valence-electron chi connectivity index (χ3n) is 4.14. The molecule has 2 heteroatoms. The maximum Gasteiger partial charge on any atom is 0.310 e. The van der Waals surface area contributed by atoms with Gasteiger partial charge in [0.15, 0.2) is 0 Å². The van der Waals surface area contributed by atoms with Gasteiger partial charge in [-0.15, -0.1) is 0 Å². The van der Waals surface area contributed by atoms with Crippen molar-refractivity contribution in [1.29, 1.82) is 0 Å². The molecule has 0 spiro atoms. The van der Waals surface area contributed by atoms with Crippen molar-refractivity contribution in [3.8, 4) is 0 Å². The molecule has 0 radical (unpaired) electrons. The van der Waals surface area contributed by atoms with Gasteiger partial charge in [0.05, 0.1) is 5.92 Å². The highest BCUT2D eigenvalue weighted by Crippen LogP contribution is 2.56. The molecule has 0 heterocycles. The van der Waals surface area contributed by atoms with Crippen LogP contribution in [-0.2, 0) is 10.2 Å². The van der Waals surface area contributed by atoms with E-state index in [-0.39, 0.29) is 11.3 Å². The van der Waals surface area contributed by atoms with E-state index in [2.05, 4.69) is 24.3 Å². The molecule has 2 nitrogen and oxygen atoms in total. The second-order valence-corrected chi connectivity index (χ2v) is 5.12. The Kier molecular flexibility index (Phi) is 2.32. The molecule has 1 aromatic carbocycles. The van der Waals surface area contributed by atoms with E-state index in [1.54, 1.807) is 0 Å².